The third-order valence-corrected chi connectivity index (χ3v) is 2.96. The Bertz CT molecular complexity index is 662. The summed E-state index contributed by atoms with van der Waals surface area (Å²) in [6.07, 6.45) is 1.64. The zero-order valence-corrected chi connectivity index (χ0v) is 16.0. The number of nitrogens with two attached hydrogens (primary N) is 1. The van der Waals surface area contributed by atoms with E-state index in [1.165, 1.54) is 12.1 Å². The smallest absolute Gasteiger partial charge is 0.219 e. The van der Waals surface area contributed by atoms with Crippen LogP contribution in [0.3, 0.4) is 0 Å². The molecule has 24 heavy (non-hydrogen) atoms. The number of nitrogens with zero attached hydrogens (tertiary/aromatic N) is 2. The van der Waals surface area contributed by atoms with Crippen LogP contribution in [0.4, 0.5) is 4.39 Å². The minimum atomic E-state index is -0.308. The van der Waals surface area contributed by atoms with Crippen LogP contribution in [0, 0.1) is 11.7 Å². The number of hydrogen-bond acceptors (Lipinski definition) is 3. The first kappa shape index (κ1) is 20.1. The van der Waals surface area contributed by atoms with E-state index in [4.69, 9.17) is 10.5 Å². The fraction of sp³-hybridized carbons (Fsp3) is 0.294. The summed E-state index contributed by atoms with van der Waals surface area (Å²) < 4.78 is 18.5. The molecule has 3 N–H and O–H groups in total. The van der Waals surface area contributed by atoms with Gasteiger partial charge in [-0.25, -0.2) is 14.4 Å². The molecule has 1 aromatic carbocycles. The number of nitrogens with one attached hydrogen (secondary N) is 1. The van der Waals surface area contributed by atoms with E-state index in [1.54, 1.807) is 24.4 Å². The zero-order chi connectivity index (χ0) is 16.7. The topological polar surface area (TPSA) is 72.5 Å². The molecule has 0 unspecified atom stereocenters. The van der Waals surface area contributed by atoms with Crippen LogP contribution in [0.1, 0.15) is 19.4 Å². The second kappa shape index (κ2) is 10.1. The molecular weight excluding hydrogens is 422 g/mol. The van der Waals surface area contributed by atoms with Crippen LogP contribution in [-0.2, 0) is 6.54 Å². The summed E-state index contributed by atoms with van der Waals surface area (Å²) in [6.45, 7) is 5.41. The lowest BCUT2D eigenvalue weighted by atomic mass is 10.2. The molecule has 1 aromatic heterocycles. The molecule has 1 heterocycles. The summed E-state index contributed by atoms with van der Waals surface area (Å²) in [5.41, 5.74) is 6.72. The highest BCUT2D eigenvalue weighted by Crippen LogP contribution is 2.20. The van der Waals surface area contributed by atoms with Crippen molar-refractivity contribution >= 4 is 29.9 Å². The Labute approximate surface area is 158 Å². The molecule has 0 aliphatic heterocycles. The molecule has 2 rings (SSSR count). The summed E-state index contributed by atoms with van der Waals surface area (Å²) >= 11 is 0. The lowest BCUT2D eigenvalue weighted by Gasteiger charge is -2.08. The van der Waals surface area contributed by atoms with Gasteiger partial charge in [-0.15, -0.1) is 24.0 Å². The Morgan fingerprint density at radius 3 is 2.67 bits per heavy atom. The third kappa shape index (κ3) is 7.12. The van der Waals surface area contributed by atoms with Gasteiger partial charge in [-0.3, -0.25) is 0 Å². The average molecular weight is 444 g/mol. The molecule has 2 aromatic rings. The fourth-order valence-electron chi connectivity index (χ4n) is 1.77. The number of ether oxygens (including phenoxy) is 1. The number of benzene rings is 1. The number of rotatable bonds is 6. The lowest BCUT2D eigenvalue weighted by molar-refractivity contribution is 0.460. The second-order valence-corrected chi connectivity index (χ2v) is 5.53. The van der Waals surface area contributed by atoms with E-state index in [0.717, 1.165) is 12.1 Å². The summed E-state index contributed by atoms with van der Waals surface area (Å²) in [7, 11) is 0. The summed E-state index contributed by atoms with van der Waals surface area (Å²) in [6, 6.07) is 9.40. The number of aromatic nitrogens is 1. The Morgan fingerprint density at radius 1 is 1.29 bits per heavy atom. The summed E-state index contributed by atoms with van der Waals surface area (Å²) in [4.78, 5) is 8.41. The summed E-state index contributed by atoms with van der Waals surface area (Å²) in [5.74, 6) is 1.56. The van der Waals surface area contributed by atoms with Crippen molar-refractivity contribution in [3.05, 3.63) is 54.0 Å². The van der Waals surface area contributed by atoms with Gasteiger partial charge in [0.05, 0.1) is 6.54 Å². The first-order valence-electron chi connectivity index (χ1n) is 7.45. The number of hydrogen-bond donors (Lipinski definition) is 2. The minimum absolute atomic E-state index is 0. The van der Waals surface area contributed by atoms with Crippen LogP contribution >= 0.6 is 24.0 Å². The van der Waals surface area contributed by atoms with Crippen LogP contribution in [0.15, 0.2) is 47.6 Å². The standard InChI is InChI=1S/C17H21FN4O.HI/c1-12(2)10-21-17(19)22-11-13-7-8-20-16(9-13)23-15-5-3-14(18)4-6-15;/h3-9,12H,10-11H2,1-2H3,(H3,19,21,22);1H. The van der Waals surface area contributed by atoms with Crippen molar-refractivity contribution < 1.29 is 9.13 Å². The normalized spacial score (nSPS) is 11.1. The predicted molar refractivity (Wildman–Crippen MR) is 104 cm³/mol. The third-order valence-electron chi connectivity index (χ3n) is 2.96. The lowest BCUT2D eigenvalue weighted by Crippen LogP contribution is -2.34. The van der Waals surface area contributed by atoms with E-state index in [2.05, 4.69) is 29.1 Å². The molecule has 0 bridgehead atoms. The van der Waals surface area contributed by atoms with Gasteiger partial charge in [0.1, 0.15) is 11.6 Å². The number of pyridine rings is 1. The van der Waals surface area contributed by atoms with Gasteiger partial charge < -0.3 is 15.8 Å². The van der Waals surface area contributed by atoms with Crippen LogP contribution in [0.2, 0.25) is 0 Å². The molecule has 0 aliphatic carbocycles. The molecule has 7 heteroatoms. The van der Waals surface area contributed by atoms with Crippen LogP contribution in [0.25, 0.3) is 0 Å². The van der Waals surface area contributed by atoms with E-state index in [0.29, 0.717) is 30.1 Å². The number of halogens is 2. The van der Waals surface area contributed by atoms with Gasteiger partial charge in [-0.05, 0) is 41.8 Å². The quantitative estimate of drug-likeness (QED) is 0.405. The molecular formula is C17H22FIN4O. The van der Waals surface area contributed by atoms with Crippen molar-refractivity contribution in [3.63, 3.8) is 0 Å². The van der Waals surface area contributed by atoms with Crippen LogP contribution in [-0.4, -0.2) is 17.5 Å². The van der Waals surface area contributed by atoms with Crippen molar-refractivity contribution in [1.82, 2.24) is 10.3 Å². The van der Waals surface area contributed by atoms with Crippen molar-refractivity contribution in [2.75, 3.05) is 6.54 Å². The Morgan fingerprint density at radius 2 is 2.00 bits per heavy atom. The second-order valence-electron chi connectivity index (χ2n) is 5.53. The van der Waals surface area contributed by atoms with Crippen molar-refractivity contribution in [2.24, 2.45) is 16.6 Å². The van der Waals surface area contributed by atoms with Crippen LogP contribution in [0.5, 0.6) is 11.6 Å². The molecule has 0 spiro atoms. The molecule has 130 valence electrons. The Kier molecular flexibility index (Phi) is 8.45. The van der Waals surface area contributed by atoms with Gasteiger partial charge >= 0.3 is 0 Å². The van der Waals surface area contributed by atoms with Crippen molar-refractivity contribution in [2.45, 2.75) is 20.4 Å². The van der Waals surface area contributed by atoms with Gasteiger partial charge in [0, 0.05) is 18.8 Å². The Balaban J connectivity index is 0.00000288. The van der Waals surface area contributed by atoms with E-state index in [1.807, 2.05) is 6.07 Å². The SMILES string of the molecule is CC(C)CNC(N)=NCc1ccnc(Oc2ccc(F)cc2)c1.I. The molecule has 0 radical (unpaired) electrons. The predicted octanol–water partition coefficient (Wildman–Crippen LogP) is 3.69. The number of guanidine groups is 1. The molecule has 0 saturated heterocycles. The Hall–Kier alpha value is -1.90. The molecule has 0 amide bonds. The highest BCUT2D eigenvalue weighted by molar-refractivity contribution is 14.0. The molecule has 0 aliphatic rings. The first-order chi connectivity index (χ1) is 11.0. The maximum atomic E-state index is 12.9. The molecule has 0 fully saturated rings. The largest absolute Gasteiger partial charge is 0.439 e. The van der Waals surface area contributed by atoms with Gasteiger partial charge in [-0.1, -0.05) is 13.8 Å². The van der Waals surface area contributed by atoms with Crippen molar-refractivity contribution in [1.29, 1.82) is 0 Å². The van der Waals surface area contributed by atoms with Gasteiger partial charge in [0.25, 0.3) is 0 Å². The number of aliphatic imine (C=N–C) groups is 1. The maximum Gasteiger partial charge on any atom is 0.219 e. The highest BCUT2D eigenvalue weighted by Gasteiger charge is 2.02. The van der Waals surface area contributed by atoms with Gasteiger partial charge in [0.2, 0.25) is 5.88 Å². The summed E-state index contributed by atoms with van der Waals surface area (Å²) in [5, 5.41) is 3.06. The molecule has 0 atom stereocenters. The van der Waals surface area contributed by atoms with Gasteiger partial charge in [-0.2, -0.15) is 0 Å². The minimum Gasteiger partial charge on any atom is -0.439 e. The van der Waals surface area contributed by atoms with E-state index in [9.17, 15) is 4.39 Å². The highest BCUT2D eigenvalue weighted by atomic mass is 127. The van der Waals surface area contributed by atoms with E-state index in [-0.39, 0.29) is 29.8 Å². The molecule has 0 saturated carbocycles. The van der Waals surface area contributed by atoms with Crippen molar-refractivity contribution in [3.8, 4) is 11.6 Å². The van der Waals surface area contributed by atoms with Gasteiger partial charge in [0.15, 0.2) is 5.96 Å². The maximum absolute atomic E-state index is 12.9. The first-order valence-corrected chi connectivity index (χ1v) is 7.45. The van der Waals surface area contributed by atoms with Crippen LogP contribution < -0.4 is 15.8 Å². The van der Waals surface area contributed by atoms with E-state index < -0.39 is 0 Å². The zero-order valence-electron chi connectivity index (χ0n) is 13.7. The average Bonchev–Trinajstić information content (AvgIpc) is 2.53. The monoisotopic (exact) mass is 444 g/mol. The fourth-order valence-corrected chi connectivity index (χ4v) is 1.77. The van der Waals surface area contributed by atoms with E-state index >= 15 is 0 Å². The molecule has 5 nitrogen and oxygen atoms in total.